The molecule has 0 aliphatic carbocycles. The molecule has 3 rings (SSSR count). The van der Waals surface area contributed by atoms with Crippen molar-refractivity contribution in [3.63, 3.8) is 0 Å². The highest BCUT2D eigenvalue weighted by Crippen LogP contribution is 2.33. The van der Waals surface area contributed by atoms with E-state index in [4.69, 9.17) is 4.74 Å². The van der Waals surface area contributed by atoms with E-state index in [0.717, 1.165) is 31.6 Å². The molecule has 0 radical (unpaired) electrons. The first-order valence-corrected chi connectivity index (χ1v) is 8.22. The molecule has 23 heavy (non-hydrogen) atoms. The molecule has 2 aliphatic rings. The fourth-order valence-electron chi connectivity index (χ4n) is 3.08. The molecule has 124 valence electrons. The predicted octanol–water partition coefficient (Wildman–Crippen LogP) is 1.06. The molecule has 0 bridgehead atoms. The van der Waals surface area contributed by atoms with Crippen LogP contribution in [0, 0.1) is 0 Å². The van der Waals surface area contributed by atoms with Crippen LogP contribution in [-0.4, -0.2) is 43.6 Å². The van der Waals surface area contributed by atoms with Crippen LogP contribution in [0.5, 0.6) is 5.75 Å². The number of benzene rings is 1. The van der Waals surface area contributed by atoms with E-state index < -0.39 is 6.10 Å². The Labute approximate surface area is 136 Å². The third-order valence-corrected chi connectivity index (χ3v) is 4.30. The number of carbonyl (C=O) groups is 2. The van der Waals surface area contributed by atoms with Crippen molar-refractivity contribution in [1.82, 2.24) is 10.6 Å². The molecule has 2 aliphatic heterocycles. The molecule has 6 nitrogen and oxygen atoms in total. The lowest BCUT2D eigenvalue weighted by atomic mass is 10.1. The minimum absolute atomic E-state index is 0.0110. The standard InChI is InChI=1S/C17H23N3O3/c1-12-17(22)20(14-6-2-3-7-15(14)23-12)10-8-16(21)19-13-5-4-9-18-11-13/h2-3,6-7,12-13,18H,4-5,8-11H2,1H3,(H,19,21)/t12?,13-/m0/s1. The van der Waals surface area contributed by atoms with Crippen LogP contribution in [0.25, 0.3) is 0 Å². The number of rotatable bonds is 4. The second-order valence-electron chi connectivity index (χ2n) is 6.08. The number of anilines is 1. The normalized spacial score (nSPS) is 23.9. The van der Waals surface area contributed by atoms with Crippen molar-refractivity contribution >= 4 is 17.5 Å². The number of piperidine rings is 1. The van der Waals surface area contributed by atoms with Gasteiger partial charge in [0.1, 0.15) is 5.75 Å². The molecule has 2 heterocycles. The van der Waals surface area contributed by atoms with Gasteiger partial charge in [0.2, 0.25) is 5.91 Å². The highest BCUT2D eigenvalue weighted by atomic mass is 16.5. The summed E-state index contributed by atoms with van der Waals surface area (Å²) in [7, 11) is 0. The molecule has 1 fully saturated rings. The Morgan fingerprint density at radius 1 is 1.43 bits per heavy atom. The maximum absolute atomic E-state index is 12.3. The molecule has 1 aromatic carbocycles. The molecule has 2 N–H and O–H groups in total. The van der Waals surface area contributed by atoms with E-state index in [1.165, 1.54) is 0 Å². The van der Waals surface area contributed by atoms with Gasteiger partial charge in [-0.3, -0.25) is 9.59 Å². The highest BCUT2D eigenvalue weighted by molar-refractivity contribution is 6.00. The summed E-state index contributed by atoms with van der Waals surface area (Å²) in [6, 6.07) is 7.64. The predicted molar refractivity (Wildman–Crippen MR) is 87.5 cm³/mol. The maximum atomic E-state index is 12.3. The number of hydrogen-bond donors (Lipinski definition) is 2. The van der Waals surface area contributed by atoms with Crippen LogP contribution in [0.4, 0.5) is 5.69 Å². The van der Waals surface area contributed by atoms with Gasteiger partial charge in [-0.1, -0.05) is 12.1 Å². The van der Waals surface area contributed by atoms with Crippen LogP contribution < -0.4 is 20.3 Å². The number of nitrogens with zero attached hydrogens (tertiary/aromatic N) is 1. The summed E-state index contributed by atoms with van der Waals surface area (Å²) in [5.74, 6) is 0.579. The zero-order valence-electron chi connectivity index (χ0n) is 13.4. The Morgan fingerprint density at radius 3 is 3.04 bits per heavy atom. The van der Waals surface area contributed by atoms with E-state index in [9.17, 15) is 9.59 Å². The van der Waals surface area contributed by atoms with Crippen molar-refractivity contribution in [2.24, 2.45) is 0 Å². The van der Waals surface area contributed by atoms with E-state index in [0.29, 0.717) is 18.7 Å². The molecule has 6 heteroatoms. The highest BCUT2D eigenvalue weighted by Gasteiger charge is 2.31. The smallest absolute Gasteiger partial charge is 0.267 e. The number of amides is 2. The van der Waals surface area contributed by atoms with Gasteiger partial charge in [0.15, 0.2) is 6.10 Å². The first-order valence-electron chi connectivity index (χ1n) is 8.22. The summed E-state index contributed by atoms with van der Waals surface area (Å²) in [4.78, 5) is 26.2. The van der Waals surface area contributed by atoms with Gasteiger partial charge in [-0.2, -0.15) is 0 Å². The fourth-order valence-corrected chi connectivity index (χ4v) is 3.08. The lowest BCUT2D eigenvalue weighted by Crippen LogP contribution is -2.48. The number of ether oxygens (including phenoxy) is 1. The topological polar surface area (TPSA) is 70.7 Å². The van der Waals surface area contributed by atoms with E-state index >= 15 is 0 Å². The zero-order chi connectivity index (χ0) is 16.2. The van der Waals surface area contributed by atoms with Crippen LogP contribution in [0.1, 0.15) is 26.2 Å². The minimum atomic E-state index is -0.518. The van der Waals surface area contributed by atoms with Crippen molar-refractivity contribution < 1.29 is 14.3 Å². The van der Waals surface area contributed by atoms with Crippen molar-refractivity contribution in [2.75, 3.05) is 24.5 Å². The number of hydrogen-bond acceptors (Lipinski definition) is 4. The number of fused-ring (bicyclic) bond motifs is 1. The molecule has 0 saturated carbocycles. The Morgan fingerprint density at radius 2 is 2.26 bits per heavy atom. The van der Waals surface area contributed by atoms with Crippen LogP contribution >= 0.6 is 0 Å². The van der Waals surface area contributed by atoms with E-state index in [1.807, 2.05) is 24.3 Å². The summed E-state index contributed by atoms with van der Waals surface area (Å²) < 4.78 is 5.60. The molecule has 0 spiro atoms. The van der Waals surface area contributed by atoms with Gasteiger partial charge in [0.25, 0.3) is 5.91 Å². The Hall–Kier alpha value is -2.08. The molecule has 2 amide bonds. The largest absolute Gasteiger partial charge is 0.479 e. The Balaban J connectivity index is 1.60. The van der Waals surface area contributed by atoms with Crippen LogP contribution in [0.15, 0.2) is 24.3 Å². The van der Waals surface area contributed by atoms with E-state index in [-0.39, 0.29) is 17.9 Å². The summed E-state index contributed by atoms with van der Waals surface area (Å²) in [5, 5.41) is 6.31. The lowest BCUT2D eigenvalue weighted by molar-refractivity contribution is -0.125. The first kappa shape index (κ1) is 15.8. The van der Waals surface area contributed by atoms with Crippen LogP contribution in [0.2, 0.25) is 0 Å². The lowest BCUT2D eigenvalue weighted by Gasteiger charge is -2.33. The third-order valence-electron chi connectivity index (χ3n) is 4.30. The molecule has 2 atom stereocenters. The van der Waals surface area contributed by atoms with Crippen molar-refractivity contribution in [3.05, 3.63) is 24.3 Å². The fraction of sp³-hybridized carbons (Fsp3) is 0.529. The van der Waals surface area contributed by atoms with Crippen molar-refractivity contribution in [1.29, 1.82) is 0 Å². The Bertz CT molecular complexity index is 584. The van der Waals surface area contributed by atoms with Crippen LogP contribution in [-0.2, 0) is 9.59 Å². The molecule has 1 saturated heterocycles. The molecular weight excluding hydrogens is 294 g/mol. The quantitative estimate of drug-likeness (QED) is 0.871. The number of carbonyl (C=O) groups excluding carboxylic acids is 2. The Kier molecular flexibility index (Phi) is 4.81. The summed E-state index contributed by atoms with van der Waals surface area (Å²) in [5.41, 5.74) is 0.739. The van der Waals surface area contributed by atoms with E-state index in [1.54, 1.807) is 11.8 Å². The maximum Gasteiger partial charge on any atom is 0.267 e. The minimum Gasteiger partial charge on any atom is -0.479 e. The van der Waals surface area contributed by atoms with Crippen molar-refractivity contribution in [2.45, 2.75) is 38.3 Å². The summed E-state index contributed by atoms with van der Waals surface area (Å²) in [6.45, 7) is 3.94. The molecule has 0 aromatic heterocycles. The molecule has 1 aromatic rings. The third kappa shape index (κ3) is 3.64. The van der Waals surface area contributed by atoms with Gasteiger partial charge < -0.3 is 20.3 Å². The second-order valence-corrected chi connectivity index (χ2v) is 6.08. The average Bonchev–Trinajstić information content (AvgIpc) is 2.56. The number of para-hydroxylation sites is 2. The van der Waals surface area contributed by atoms with Gasteiger partial charge in [0, 0.05) is 25.6 Å². The van der Waals surface area contributed by atoms with Crippen molar-refractivity contribution in [3.8, 4) is 5.75 Å². The van der Waals surface area contributed by atoms with Crippen LogP contribution in [0.3, 0.4) is 0 Å². The number of nitrogens with one attached hydrogen (secondary N) is 2. The zero-order valence-corrected chi connectivity index (χ0v) is 13.4. The first-order chi connectivity index (χ1) is 11.1. The SMILES string of the molecule is CC1Oc2ccccc2N(CCC(=O)N[C@H]2CCCNC2)C1=O. The van der Waals surface area contributed by atoms with Gasteiger partial charge in [-0.25, -0.2) is 0 Å². The molecule has 1 unspecified atom stereocenters. The summed E-state index contributed by atoms with van der Waals surface area (Å²) >= 11 is 0. The second kappa shape index (κ2) is 7.00. The van der Waals surface area contributed by atoms with Gasteiger partial charge in [0.05, 0.1) is 5.69 Å². The van der Waals surface area contributed by atoms with Gasteiger partial charge in [-0.05, 0) is 38.4 Å². The average molecular weight is 317 g/mol. The van der Waals surface area contributed by atoms with E-state index in [2.05, 4.69) is 10.6 Å². The van der Waals surface area contributed by atoms with Gasteiger partial charge >= 0.3 is 0 Å². The molecular formula is C17H23N3O3. The summed E-state index contributed by atoms with van der Waals surface area (Å²) in [6.07, 6.45) is 1.87. The monoisotopic (exact) mass is 317 g/mol. The van der Waals surface area contributed by atoms with Gasteiger partial charge in [-0.15, -0.1) is 0 Å².